The van der Waals surface area contributed by atoms with Crippen molar-refractivity contribution in [2.75, 3.05) is 23.0 Å². The molecule has 1 aromatic heterocycles. The van der Waals surface area contributed by atoms with E-state index in [1.54, 1.807) is 13.8 Å². The molecule has 1 saturated carbocycles. The Morgan fingerprint density at radius 2 is 1.71 bits per heavy atom. The van der Waals surface area contributed by atoms with Gasteiger partial charge in [-0.3, -0.25) is 19.1 Å². The zero-order chi connectivity index (χ0) is 44.2. The van der Waals surface area contributed by atoms with Gasteiger partial charge >= 0.3 is 30.0 Å². The molecule has 0 spiro atoms. The number of aromatic carboxylic acids is 1. The molecule has 2 heterocycles. The minimum atomic E-state index is -3.10. The summed E-state index contributed by atoms with van der Waals surface area (Å²) in [4.78, 5) is 70.6. The third kappa shape index (κ3) is 14.5. The van der Waals surface area contributed by atoms with Gasteiger partial charge in [0.1, 0.15) is 34.9 Å². The number of hydrogen-bond donors (Lipinski definition) is 6. The van der Waals surface area contributed by atoms with Gasteiger partial charge in [0.05, 0.1) is 28.1 Å². The average Bonchev–Trinajstić information content (AvgIpc) is 3.77. The van der Waals surface area contributed by atoms with Gasteiger partial charge in [-0.2, -0.15) is 5.10 Å². The molecule has 2 fully saturated rings. The lowest BCUT2D eigenvalue weighted by atomic mass is 10.1. The monoisotopic (exact) mass is 868 g/mol. The lowest BCUT2D eigenvalue weighted by Crippen LogP contribution is -2.30. The quantitative estimate of drug-likeness (QED) is 0.0498. The zero-order valence-electron chi connectivity index (χ0n) is 32.0. The number of cyclic esters (lactones) is 1. The zero-order valence-corrected chi connectivity index (χ0v) is 33.7. The number of nitrogens with two attached hydrogens (primary N) is 1. The highest BCUT2D eigenvalue weighted by Gasteiger charge is 2.40. The molecule has 0 bridgehead atoms. The van der Waals surface area contributed by atoms with Crippen LogP contribution in [-0.4, -0.2) is 80.7 Å². The normalized spacial score (nSPS) is 15.5. The number of nitrogens with one attached hydrogen (secondary N) is 2. The number of aliphatic carboxylic acids is 1. The molecule has 1 aliphatic heterocycles. The summed E-state index contributed by atoms with van der Waals surface area (Å²) in [6, 6.07) is 5.77. The summed E-state index contributed by atoms with van der Waals surface area (Å²) in [5.74, 6) is -5.34. The number of carboxylic acid groups (broad SMARTS) is 2. The highest BCUT2D eigenvalue weighted by molar-refractivity contribution is 7.57. The number of ether oxygens (including phenoxy) is 2. The van der Waals surface area contributed by atoms with E-state index in [0.717, 1.165) is 43.9 Å². The van der Waals surface area contributed by atoms with Gasteiger partial charge in [0.25, 0.3) is 0 Å². The van der Waals surface area contributed by atoms with E-state index in [2.05, 4.69) is 20.8 Å². The van der Waals surface area contributed by atoms with Gasteiger partial charge in [-0.1, -0.05) is 11.6 Å². The molecule has 318 valence electrons. The van der Waals surface area contributed by atoms with Crippen LogP contribution in [0.3, 0.4) is 0 Å². The maximum atomic E-state index is 14.3. The first kappa shape index (κ1) is 47.6. The van der Waals surface area contributed by atoms with Crippen LogP contribution < -0.4 is 26.1 Å². The number of carboxylic acids is 2. The predicted octanol–water partition coefficient (Wildman–Crippen LogP) is 6.87. The van der Waals surface area contributed by atoms with E-state index in [1.165, 1.54) is 38.0 Å². The summed E-state index contributed by atoms with van der Waals surface area (Å²) in [6.07, 6.45) is 4.38. The van der Waals surface area contributed by atoms with E-state index in [1.807, 2.05) is 0 Å². The van der Waals surface area contributed by atoms with Gasteiger partial charge in [-0.25, -0.2) is 37.9 Å². The van der Waals surface area contributed by atoms with Crippen molar-refractivity contribution in [1.29, 1.82) is 0 Å². The molecule has 2 aromatic carbocycles. The molecule has 22 heteroatoms. The van der Waals surface area contributed by atoms with Gasteiger partial charge in [-0.05, 0) is 88.8 Å². The van der Waals surface area contributed by atoms with Crippen LogP contribution in [0.1, 0.15) is 68.9 Å². The Morgan fingerprint density at radius 1 is 1.08 bits per heavy atom. The highest BCUT2D eigenvalue weighted by atomic mass is 35.5. The predicted molar refractivity (Wildman–Crippen MR) is 209 cm³/mol. The molecule has 3 aromatic rings. The topological polar surface area (TPSA) is 260 Å². The van der Waals surface area contributed by atoms with Gasteiger partial charge in [0.15, 0.2) is 13.1 Å². The summed E-state index contributed by atoms with van der Waals surface area (Å²) >= 11 is 6.04. The van der Waals surface area contributed by atoms with Crippen LogP contribution in [0.2, 0.25) is 5.02 Å². The van der Waals surface area contributed by atoms with Crippen molar-refractivity contribution in [2.45, 2.75) is 65.0 Å². The third-order valence-electron chi connectivity index (χ3n) is 8.06. The van der Waals surface area contributed by atoms with Gasteiger partial charge < -0.3 is 35.6 Å². The second-order valence-electron chi connectivity index (χ2n) is 13.2. The van der Waals surface area contributed by atoms with Crippen molar-refractivity contribution in [3.05, 3.63) is 93.7 Å². The Kier molecular flexibility index (Phi) is 17.1. The molecule has 7 N–H and O–H groups in total. The van der Waals surface area contributed by atoms with Crippen LogP contribution in [0.25, 0.3) is 0 Å². The molecule has 17 nitrogen and oxygen atoms in total. The molecule has 0 radical (unpaired) electrons. The maximum Gasteiger partial charge on any atom is 0.427 e. The first-order chi connectivity index (χ1) is 27.6. The van der Waals surface area contributed by atoms with Crippen LogP contribution in [0.4, 0.5) is 34.1 Å². The van der Waals surface area contributed by atoms with Crippen LogP contribution >= 0.6 is 19.0 Å². The number of nitrogens with zero attached hydrogens (tertiary/aromatic N) is 3. The molecule has 2 unspecified atom stereocenters. The third-order valence-corrected chi connectivity index (χ3v) is 9.44. The number of halogens is 4. The number of urea groups is 1. The molecule has 4 amide bonds. The van der Waals surface area contributed by atoms with Crippen LogP contribution in [-0.2, 0) is 18.9 Å². The minimum Gasteiger partial charge on any atom is -0.489 e. The van der Waals surface area contributed by atoms with E-state index in [0.29, 0.717) is 16.5 Å². The number of benzene rings is 2. The number of rotatable bonds is 11. The van der Waals surface area contributed by atoms with Crippen molar-refractivity contribution in [1.82, 2.24) is 10.4 Å². The largest absolute Gasteiger partial charge is 0.489 e. The van der Waals surface area contributed by atoms with Crippen molar-refractivity contribution in [3.8, 4) is 5.75 Å². The molecular weight excluding hydrogens is 828 g/mol. The molecule has 5 rings (SSSR count). The Bertz CT molecular complexity index is 2170. The minimum absolute atomic E-state index is 0.00962. The summed E-state index contributed by atoms with van der Waals surface area (Å²) in [5, 5.41) is 23.4. The van der Waals surface area contributed by atoms with Crippen molar-refractivity contribution in [3.63, 3.8) is 0 Å². The Hall–Kier alpha value is -5.82. The van der Waals surface area contributed by atoms with E-state index in [-0.39, 0.29) is 63.6 Å². The van der Waals surface area contributed by atoms with E-state index in [9.17, 15) is 41.7 Å². The van der Waals surface area contributed by atoms with Gasteiger partial charge in [0, 0.05) is 36.8 Å². The first-order valence-electron chi connectivity index (χ1n) is 17.5. The van der Waals surface area contributed by atoms with E-state index < -0.39 is 60.8 Å². The fourth-order valence-corrected chi connectivity index (χ4v) is 6.14. The number of anilines is 2. The number of carbonyl (C=O) groups is 5. The first-order valence-corrected chi connectivity index (χ1v) is 20.2. The van der Waals surface area contributed by atoms with Crippen LogP contribution in [0, 0.1) is 17.5 Å². The Morgan fingerprint density at radius 3 is 2.25 bits per heavy atom. The second kappa shape index (κ2) is 21.3. The van der Waals surface area contributed by atoms with Crippen molar-refractivity contribution in [2.24, 2.45) is 10.8 Å². The second-order valence-corrected chi connectivity index (χ2v) is 16.2. The Labute approximate surface area is 340 Å². The van der Waals surface area contributed by atoms with Crippen LogP contribution in [0.15, 0.2) is 65.1 Å². The number of aromatic nitrogens is 1. The maximum absolute atomic E-state index is 14.3. The highest BCUT2D eigenvalue weighted by Crippen LogP contribution is 2.38. The smallest absolute Gasteiger partial charge is 0.427 e. The SMILES string of the molecule is C/C(=N\NC(=O)Nc1cc(F)cc(F)c1)c1ncccc1C(=O)O.CC(C)=C1OC(=O)N(c2cc(OC3CCCC3)c(Cl)cc2F)C1=O.CP(=O)(O)CCC(N)C(=O)O. The summed E-state index contributed by atoms with van der Waals surface area (Å²) in [6.45, 7) is 5.91. The molecule has 59 heavy (non-hydrogen) atoms. The fraction of sp³-hybridized carbons (Fsp3) is 0.324. The molecule has 2 aliphatic rings. The molecule has 2 atom stereocenters. The number of carbonyl (C=O) groups excluding carboxylic acids is 3. The number of hydrogen-bond acceptors (Lipinski definition) is 11. The number of allylic oxidation sites excluding steroid dienone is 1. The molecular formula is C37H41ClF3N6O11P. The lowest BCUT2D eigenvalue weighted by molar-refractivity contribution is -0.138. The molecule has 1 aliphatic carbocycles. The van der Waals surface area contributed by atoms with E-state index in [4.69, 9.17) is 41.9 Å². The van der Waals surface area contributed by atoms with Crippen molar-refractivity contribution >= 4 is 66.0 Å². The lowest BCUT2D eigenvalue weighted by Gasteiger charge is -2.18. The van der Waals surface area contributed by atoms with Gasteiger partial charge in [0.2, 0.25) is 0 Å². The summed E-state index contributed by atoms with van der Waals surface area (Å²) in [5.41, 5.74) is 7.56. The Balaban J connectivity index is 0.000000254. The number of amides is 4. The number of pyridine rings is 1. The number of hydrazone groups is 1. The van der Waals surface area contributed by atoms with Crippen molar-refractivity contribution < 1.29 is 66.3 Å². The van der Waals surface area contributed by atoms with Crippen LogP contribution in [0.5, 0.6) is 5.75 Å². The van der Waals surface area contributed by atoms with Gasteiger partial charge in [-0.15, -0.1) is 0 Å². The number of imide groups is 1. The molecule has 1 saturated heterocycles. The standard InChI is InChI=1S/C17H17ClFNO4.C15H12F2N4O3.C5H12NO4P/c1-9(2)15-16(21)20(17(22)24-15)13-8-14(11(18)7-12(13)19)23-10-5-3-4-6-10;1-8(13-12(14(22)23)3-2-4-18-13)20-21-15(24)19-11-6-9(16)5-10(17)7-11;1-11(9,10)3-2-4(6)5(7)8/h7-8,10H,3-6H2,1-2H3;2-7H,1H3,(H,22,23)(H2,19,21,24);4H,2-3,6H2,1H3,(H,7,8)(H,9,10)/b;20-8+;. The fourth-order valence-electron chi connectivity index (χ4n) is 5.19. The average molecular weight is 869 g/mol. The van der Waals surface area contributed by atoms with E-state index >= 15 is 0 Å². The summed E-state index contributed by atoms with van der Waals surface area (Å²) < 4.78 is 61.8. The summed E-state index contributed by atoms with van der Waals surface area (Å²) in [7, 11) is -3.10.